The van der Waals surface area contributed by atoms with E-state index in [1.807, 2.05) is 47.2 Å². The van der Waals surface area contributed by atoms with Gasteiger partial charge in [-0.1, -0.05) is 30.8 Å². The minimum absolute atomic E-state index is 0.133. The molecule has 0 aliphatic heterocycles. The van der Waals surface area contributed by atoms with Crippen LogP contribution in [0.2, 0.25) is 0 Å². The Hall–Kier alpha value is -3.14. The maximum Gasteiger partial charge on any atom is 0.251 e. The van der Waals surface area contributed by atoms with Crippen LogP contribution in [0.5, 0.6) is 0 Å². The molecule has 0 unspecified atom stereocenters. The molecule has 0 radical (unpaired) electrons. The zero-order valence-corrected chi connectivity index (χ0v) is 21.2. The Bertz CT molecular complexity index is 1100. The van der Waals surface area contributed by atoms with E-state index in [4.69, 9.17) is 14.5 Å². The van der Waals surface area contributed by atoms with E-state index in [2.05, 4.69) is 17.6 Å². The number of benzene rings is 2. The second kappa shape index (κ2) is 13.7. The zero-order chi connectivity index (χ0) is 25.0. The van der Waals surface area contributed by atoms with E-state index in [9.17, 15) is 9.59 Å². The molecule has 0 atom stereocenters. The van der Waals surface area contributed by atoms with Gasteiger partial charge in [-0.3, -0.25) is 14.2 Å². The first kappa shape index (κ1) is 26.5. The van der Waals surface area contributed by atoms with Crippen LogP contribution in [0.15, 0.2) is 59.9 Å². The number of carbonyl (C=O) groups excluding carboxylic acids is 2. The van der Waals surface area contributed by atoms with Crippen molar-refractivity contribution in [1.29, 1.82) is 0 Å². The minimum Gasteiger partial charge on any atom is -0.383 e. The molecule has 2 amide bonds. The van der Waals surface area contributed by atoms with Crippen LogP contribution in [-0.4, -0.2) is 67.6 Å². The van der Waals surface area contributed by atoms with Crippen molar-refractivity contribution in [2.45, 2.75) is 18.5 Å². The van der Waals surface area contributed by atoms with Gasteiger partial charge in [-0.25, -0.2) is 4.98 Å². The standard InChI is InChI=1S/C26H32N4O4S/c1-4-17-35-26-29-23(19-5-7-20(8-6-19)24(31)27-13-15-33-2)18-30(26)22-11-9-21(10-12-22)25(32)28-14-16-34-3/h5-12,18H,4,13-17H2,1-3H3,(H,27,31)(H,28,32). The molecule has 3 aromatic rings. The zero-order valence-electron chi connectivity index (χ0n) is 20.4. The Morgan fingerprint density at radius 3 is 1.94 bits per heavy atom. The number of aromatic nitrogens is 2. The van der Waals surface area contributed by atoms with Gasteiger partial charge in [-0.15, -0.1) is 0 Å². The summed E-state index contributed by atoms with van der Waals surface area (Å²) in [4.78, 5) is 29.4. The summed E-state index contributed by atoms with van der Waals surface area (Å²) in [6.07, 6.45) is 3.01. The fraction of sp³-hybridized carbons (Fsp3) is 0.346. The number of hydrogen-bond acceptors (Lipinski definition) is 6. The van der Waals surface area contributed by atoms with Crippen molar-refractivity contribution in [3.05, 3.63) is 65.9 Å². The Morgan fingerprint density at radius 1 is 0.886 bits per heavy atom. The monoisotopic (exact) mass is 496 g/mol. The van der Waals surface area contributed by atoms with Crippen LogP contribution >= 0.6 is 11.8 Å². The molecule has 0 aliphatic rings. The molecule has 0 aliphatic carbocycles. The number of ether oxygens (including phenoxy) is 2. The molecule has 0 saturated heterocycles. The van der Waals surface area contributed by atoms with Crippen LogP contribution in [0.3, 0.4) is 0 Å². The van der Waals surface area contributed by atoms with Crippen molar-refractivity contribution >= 4 is 23.6 Å². The first-order valence-corrected chi connectivity index (χ1v) is 12.5. The molecular weight excluding hydrogens is 464 g/mol. The van der Waals surface area contributed by atoms with Gasteiger partial charge < -0.3 is 20.1 Å². The van der Waals surface area contributed by atoms with Crippen LogP contribution < -0.4 is 10.6 Å². The van der Waals surface area contributed by atoms with E-state index in [1.54, 1.807) is 38.1 Å². The second-order valence-corrected chi connectivity index (χ2v) is 8.81. The summed E-state index contributed by atoms with van der Waals surface area (Å²) in [5.74, 6) is 0.674. The number of nitrogens with zero attached hydrogens (tertiary/aromatic N) is 2. The molecule has 9 heteroatoms. The predicted octanol–water partition coefficient (Wildman–Crippen LogP) is 3.79. The van der Waals surface area contributed by atoms with Crippen molar-refractivity contribution in [3.8, 4) is 16.9 Å². The summed E-state index contributed by atoms with van der Waals surface area (Å²) in [6.45, 7) is 4.01. The highest BCUT2D eigenvalue weighted by molar-refractivity contribution is 7.99. The lowest BCUT2D eigenvalue weighted by atomic mass is 10.1. The fourth-order valence-corrected chi connectivity index (χ4v) is 4.13. The van der Waals surface area contributed by atoms with Crippen LogP contribution in [-0.2, 0) is 9.47 Å². The fourth-order valence-electron chi connectivity index (χ4n) is 3.29. The average Bonchev–Trinajstić information content (AvgIpc) is 3.32. The maximum atomic E-state index is 12.3. The molecule has 1 heterocycles. The quantitative estimate of drug-likeness (QED) is 0.276. The molecule has 186 valence electrons. The first-order chi connectivity index (χ1) is 17.1. The van der Waals surface area contributed by atoms with E-state index in [1.165, 1.54) is 0 Å². The molecule has 0 spiro atoms. The SMILES string of the molecule is CCCSc1nc(-c2ccc(C(=O)NCCOC)cc2)cn1-c1ccc(C(=O)NCCOC)cc1. The van der Waals surface area contributed by atoms with Crippen molar-refractivity contribution in [3.63, 3.8) is 0 Å². The number of imidazole rings is 1. The maximum absolute atomic E-state index is 12.3. The Morgan fingerprint density at radius 2 is 1.43 bits per heavy atom. The third kappa shape index (κ3) is 7.42. The lowest BCUT2D eigenvalue weighted by Crippen LogP contribution is -2.26. The highest BCUT2D eigenvalue weighted by Gasteiger charge is 2.14. The molecule has 0 bridgehead atoms. The topological polar surface area (TPSA) is 94.5 Å². The summed E-state index contributed by atoms with van der Waals surface area (Å²) in [6, 6.07) is 14.9. The van der Waals surface area contributed by atoms with E-state index >= 15 is 0 Å². The predicted molar refractivity (Wildman–Crippen MR) is 138 cm³/mol. The number of thioether (sulfide) groups is 1. The third-order valence-corrected chi connectivity index (χ3v) is 6.30. The highest BCUT2D eigenvalue weighted by atomic mass is 32.2. The molecule has 2 N–H and O–H groups in total. The number of hydrogen-bond donors (Lipinski definition) is 2. The van der Waals surface area contributed by atoms with Crippen molar-refractivity contribution < 1.29 is 19.1 Å². The van der Waals surface area contributed by atoms with Crippen LogP contribution in [0.25, 0.3) is 16.9 Å². The molecule has 0 saturated carbocycles. The second-order valence-electron chi connectivity index (χ2n) is 7.75. The number of carbonyl (C=O) groups is 2. The van der Waals surface area contributed by atoms with Crippen LogP contribution in [0, 0.1) is 0 Å². The van der Waals surface area contributed by atoms with Gasteiger partial charge in [-0.05, 0) is 42.8 Å². The van der Waals surface area contributed by atoms with Gasteiger partial charge in [0.25, 0.3) is 11.8 Å². The van der Waals surface area contributed by atoms with Gasteiger partial charge in [0.15, 0.2) is 5.16 Å². The Labute approximate surface area is 210 Å². The molecule has 2 aromatic carbocycles. The molecular formula is C26H32N4O4S. The summed E-state index contributed by atoms with van der Waals surface area (Å²) >= 11 is 1.68. The molecule has 1 aromatic heterocycles. The van der Waals surface area contributed by atoms with Gasteiger partial charge in [0.05, 0.1) is 18.9 Å². The van der Waals surface area contributed by atoms with Crippen molar-refractivity contribution in [2.24, 2.45) is 0 Å². The van der Waals surface area contributed by atoms with E-state index < -0.39 is 0 Å². The van der Waals surface area contributed by atoms with Gasteiger partial charge >= 0.3 is 0 Å². The number of rotatable bonds is 13. The summed E-state index contributed by atoms with van der Waals surface area (Å²) in [5, 5.41) is 6.53. The molecule has 3 rings (SSSR count). The van der Waals surface area contributed by atoms with Gasteiger partial charge in [0.1, 0.15) is 0 Å². The molecule has 8 nitrogen and oxygen atoms in total. The van der Waals surface area contributed by atoms with Crippen molar-refractivity contribution in [2.75, 3.05) is 46.3 Å². The average molecular weight is 497 g/mol. The lowest BCUT2D eigenvalue weighted by Gasteiger charge is -2.09. The highest BCUT2D eigenvalue weighted by Crippen LogP contribution is 2.28. The van der Waals surface area contributed by atoms with E-state index in [-0.39, 0.29) is 11.8 Å². The Kier molecular flexibility index (Phi) is 10.3. The van der Waals surface area contributed by atoms with Crippen molar-refractivity contribution in [1.82, 2.24) is 20.2 Å². The normalized spacial score (nSPS) is 10.8. The minimum atomic E-state index is -0.135. The van der Waals surface area contributed by atoms with Gasteiger partial charge in [0.2, 0.25) is 0 Å². The van der Waals surface area contributed by atoms with Crippen LogP contribution in [0.4, 0.5) is 0 Å². The molecule has 35 heavy (non-hydrogen) atoms. The summed E-state index contributed by atoms with van der Waals surface area (Å²) in [7, 11) is 3.20. The summed E-state index contributed by atoms with van der Waals surface area (Å²) < 4.78 is 12.0. The number of methoxy groups -OCH3 is 2. The van der Waals surface area contributed by atoms with E-state index in [0.29, 0.717) is 37.4 Å². The largest absolute Gasteiger partial charge is 0.383 e. The smallest absolute Gasteiger partial charge is 0.251 e. The summed E-state index contributed by atoms with van der Waals surface area (Å²) in [5.41, 5.74) is 3.84. The number of amides is 2. The molecule has 0 fully saturated rings. The van der Waals surface area contributed by atoms with E-state index in [0.717, 1.165) is 34.3 Å². The number of nitrogens with one attached hydrogen (secondary N) is 2. The lowest BCUT2D eigenvalue weighted by molar-refractivity contribution is 0.0929. The third-order valence-electron chi connectivity index (χ3n) is 5.14. The first-order valence-electron chi connectivity index (χ1n) is 11.5. The van der Waals surface area contributed by atoms with Gasteiger partial charge in [0, 0.05) is 61.6 Å². The Balaban J connectivity index is 1.80. The van der Waals surface area contributed by atoms with Crippen LogP contribution in [0.1, 0.15) is 34.1 Å². The van der Waals surface area contributed by atoms with Gasteiger partial charge in [-0.2, -0.15) is 0 Å².